The van der Waals surface area contributed by atoms with Gasteiger partial charge in [0, 0.05) is 6.42 Å². The molecule has 0 radical (unpaired) electrons. The molecule has 0 saturated heterocycles. The van der Waals surface area contributed by atoms with E-state index in [1.165, 1.54) is 11.1 Å². The fourth-order valence-electron chi connectivity index (χ4n) is 3.57. The molecule has 0 bridgehead atoms. The predicted octanol–water partition coefficient (Wildman–Crippen LogP) is -0.977. The molecular formula is C20H23N7O7. The summed E-state index contributed by atoms with van der Waals surface area (Å²) in [4.78, 5) is 74.1. The van der Waals surface area contributed by atoms with Gasteiger partial charge in [-0.1, -0.05) is 12.2 Å². The van der Waals surface area contributed by atoms with Crippen LogP contribution in [0.15, 0.2) is 23.1 Å². The Bertz CT molecular complexity index is 1200. The lowest BCUT2D eigenvalue weighted by molar-refractivity contribution is -0.143. The Morgan fingerprint density at radius 3 is 2.65 bits per heavy atom. The summed E-state index contributed by atoms with van der Waals surface area (Å²) in [6.07, 6.45) is 5.40. The lowest BCUT2D eigenvalue weighted by Crippen LogP contribution is -2.44. The van der Waals surface area contributed by atoms with Crippen molar-refractivity contribution in [3.63, 3.8) is 0 Å². The molecule has 0 aromatic carbocycles. The summed E-state index contributed by atoms with van der Waals surface area (Å²) in [7, 11) is 0. The second-order valence-electron chi connectivity index (χ2n) is 7.73. The van der Waals surface area contributed by atoms with Crippen LogP contribution in [0.1, 0.15) is 31.4 Å². The SMILES string of the molecule is Nc1nc2ncc(CN(C=O)C3C=CC(C(=O)N[C@@H](CCC(=O)O)C(=O)O)CC3)nc2c(=O)[nH]1. The smallest absolute Gasteiger partial charge is 0.326 e. The number of anilines is 1. The maximum atomic E-state index is 12.5. The highest BCUT2D eigenvalue weighted by molar-refractivity contribution is 5.86. The number of aromatic amines is 1. The predicted molar refractivity (Wildman–Crippen MR) is 116 cm³/mol. The fourth-order valence-corrected chi connectivity index (χ4v) is 3.57. The third-order valence-corrected chi connectivity index (χ3v) is 5.33. The van der Waals surface area contributed by atoms with E-state index in [0.29, 0.717) is 24.9 Å². The maximum Gasteiger partial charge on any atom is 0.326 e. The van der Waals surface area contributed by atoms with Crippen molar-refractivity contribution < 1.29 is 29.4 Å². The zero-order valence-corrected chi connectivity index (χ0v) is 17.9. The van der Waals surface area contributed by atoms with Gasteiger partial charge < -0.3 is 26.2 Å². The van der Waals surface area contributed by atoms with Crippen LogP contribution in [0.25, 0.3) is 11.2 Å². The topological polar surface area (TPSA) is 222 Å². The monoisotopic (exact) mass is 473 g/mol. The zero-order valence-electron chi connectivity index (χ0n) is 17.9. The van der Waals surface area contributed by atoms with Gasteiger partial charge in [-0.25, -0.2) is 14.8 Å². The van der Waals surface area contributed by atoms with E-state index in [2.05, 4.69) is 25.3 Å². The van der Waals surface area contributed by atoms with E-state index < -0.39 is 35.4 Å². The summed E-state index contributed by atoms with van der Waals surface area (Å²) in [5.41, 5.74) is 5.36. The van der Waals surface area contributed by atoms with Crippen molar-refractivity contribution in [2.45, 2.75) is 44.3 Å². The minimum Gasteiger partial charge on any atom is -0.481 e. The van der Waals surface area contributed by atoms with Crippen LogP contribution in [0, 0.1) is 5.92 Å². The van der Waals surface area contributed by atoms with Crippen LogP contribution in [0.3, 0.4) is 0 Å². The first-order valence-electron chi connectivity index (χ1n) is 10.3. The maximum absolute atomic E-state index is 12.5. The molecule has 2 unspecified atom stereocenters. The van der Waals surface area contributed by atoms with Gasteiger partial charge in [-0.05, 0) is 19.3 Å². The Labute approximate surface area is 191 Å². The second kappa shape index (κ2) is 10.5. The largest absolute Gasteiger partial charge is 0.481 e. The number of carboxylic acids is 2. The highest BCUT2D eigenvalue weighted by atomic mass is 16.4. The van der Waals surface area contributed by atoms with E-state index in [-0.39, 0.29) is 42.5 Å². The van der Waals surface area contributed by atoms with Gasteiger partial charge in [-0.15, -0.1) is 0 Å². The molecule has 2 amide bonds. The first-order valence-corrected chi connectivity index (χ1v) is 10.3. The number of carbonyl (C=O) groups is 4. The Morgan fingerprint density at radius 1 is 1.26 bits per heavy atom. The van der Waals surface area contributed by atoms with Crippen molar-refractivity contribution >= 4 is 41.4 Å². The third kappa shape index (κ3) is 5.90. The quantitative estimate of drug-likeness (QED) is 0.208. The summed E-state index contributed by atoms with van der Waals surface area (Å²) >= 11 is 0. The number of nitrogens with one attached hydrogen (secondary N) is 2. The average Bonchev–Trinajstić information content (AvgIpc) is 2.80. The van der Waals surface area contributed by atoms with Crippen molar-refractivity contribution in [2.75, 3.05) is 5.73 Å². The first kappa shape index (κ1) is 24.3. The molecule has 0 fully saturated rings. The van der Waals surface area contributed by atoms with Crippen molar-refractivity contribution in [3.8, 4) is 0 Å². The Balaban J connectivity index is 1.65. The van der Waals surface area contributed by atoms with E-state index in [4.69, 9.17) is 10.8 Å². The normalized spacial score (nSPS) is 18.2. The Hall–Kier alpha value is -4.36. The highest BCUT2D eigenvalue weighted by Crippen LogP contribution is 2.22. The minimum atomic E-state index is -1.31. The van der Waals surface area contributed by atoms with Crippen LogP contribution in [0.2, 0.25) is 0 Å². The van der Waals surface area contributed by atoms with Crippen molar-refractivity contribution in [1.82, 2.24) is 30.2 Å². The number of nitrogens with two attached hydrogens (primary N) is 1. The number of nitrogens with zero attached hydrogens (tertiary/aromatic N) is 4. The van der Waals surface area contributed by atoms with E-state index in [9.17, 15) is 29.1 Å². The molecule has 1 aliphatic carbocycles. The number of fused-ring (bicyclic) bond motifs is 1. The lowest BCUT2D eigenvalue weighted by atomic mass is 9.91. The molecule has 2 aromatic heterocycles. The highest BCUT2D eigenvalue weighted by Gasteiger charge is 2.28. The second-order valence-corrected chi connectivity index (χ2v) is 7.73. The van der Waals surface area contributed by atoms with E-state index >= 15 is 0 Å². The third-order valence-electron chi connectivity index (χ3n) is 5.33. The zero-order chi connectivity index (χ0) is 24.8. The lowest BCUT2D eigenvalue weighted by Gasteiger charge is -2.30. The molecule has 34 heavy (non-hydrogen) atoms. The number of aromatic nitrogens is 4. The van der Waals surface area contributed by atoms with Gasteiger partial charge >= 0.3 is 11.9 Å². The van der Waals surface area contributed by atoms with Gasteiger partial charge in [0.25, 0.3) is 5.56 Å². The summed E-state index contributed by atoms with van der Waals surface area (Å²) < 4.78 is 0. The van der Waals surface area contributed by atoms with Crippen LogP contribution < -0.4 is 16.6 Å². The molecular weight excluding hydrogens is 450 g/mol. The minimum absolute atomic E-state index is 0.00986. The number of amides is 2. The van der Waals surface area contributed by atoms with E-state index in [1.807, 2.05) is 0 Å². The molecule has 6 N–H and O–H groups in total. The number of aliphatic carboxylic acids is 2. The molecule has 2 heterocycles. The molecule has 0 spiro atoms. The number of rotatable bonds is 10. The van der Waals surface area contributed by atoms with Gasteiger partial charge in [-0.2, -0.15) is 4.98 Å². The summed E-state index contributed by atoms with van der Waals surface area (Å²) in [6, 6.07) is -1.66. The molecule has 0 aliphatic heterocycles. The van der Waals surface area contributed by atoms with Crippen LogP contribution >= 0.6 is 0 Å². The number of nitrogen functional groups attached to an aromatic ring is 1. The van der Waals surface area contributed by atoms with Gasteiger partial charge in [0.2, 0.25) is 18.3 Å². The van der Waals surface area contributed by atoms with Crippen LogP contribution in [0.5, 0.6) is 0 Å². The number of H-pyrrole nitrogens is 1. The molecule has 2 aromatic rings. The van der Waals surface area contributed by atoms with Crippen molar-refractivity contribution in [2.24, 2.45) is 5.92 Å². The molecule has 0 saturated carbocycles. The van der Waals surface area contributed by atoms with Crippen LogP contribution in [0.4, 0.5) is 5.95 Å². The van der Waals surface area contributed by atoms with E-state index in [0.717, 1.165) is 0 Å². The summed E-state index contributed by atoms with van der Waals surface area (Å²) in [5, 5.41) is 20.3. The molecule has 3 atom stereocenters. The van der Waals surface area contributed by atoms with E-state index in [1.54, 1.807) is 12.2 Å². The number of carbonyl (C=O) groups excluding carboxylic acids is 2. The molecule has 3 rings (SSSR count). The Kier molecular flexibility index (Phi) is 7.50. The fraction of sp³-hybridized carbons (Fsp3) is 0.400. The van der Waals surface area contributed by atoms with Crippen molar-refractivity contribution in [3.05, 3.63) is 34.4 Å². The molecule has 180 valence electrons. The van der Waals surface area contributed by atoms with Gasteiger partial charge in [-0.3, -0.25) is 24.2 Å². The average molecular weight is 473 g/mol. The van der Waals surface area contributed by atoms with Gasteiger partial charge in [0.15, 0.2) is 11.2 Å². The molecule has 14 nitrogen and oxygen atoms in total. The number of hydrogen-bond donors (Lipinski definition) is 5. The van der Waals surface area contributed by atoms with Gasteiger partial charge in [0.05, 0.1) is 30.4 Å². The Morgan fingerprint density at radius 2 is 2.03 bits per heavy atom. The molecule has 14 heteroatoms. The summed E-state index contributed by atoms with van der Waals surface area (Å²) in [6.45, 7) is 0.0540. The van der Waals surface area contributed by atoms with Crippen LogP contribution in [-0.2, 0) is 25.7 Å². The van der Waals surface area contributed by atoms with Crippen LogP contribution in [-0.4, -0.2) is 71.4 Å². The van der Waals surface area contributed by atoms with Crippen molar-refractivity contribution in [1.29, 1.82) is 0 Å². The standard InChI is InChI=1S/C20H23N7O7/c21-20-25-16-15(18(32)26-20)23-11(7-22-16)8-27(9-28)12-3-1-10(2-4-12)17(31)24-13(19(33)34)5-6-14(29)30/h1,3,7,9-10,12-13H,2,4-6,8H2,(H,24,31)(H,29,30)(H,33,34)(H3,21,22,25,26,32)/t10?,12?,13-/m0/s1. The number of carboxylic acid groups (broad SMARTS) is 2. The number of hydrogen-bond acceptors (Lipinski definition) is 9. The first-order chi connectivity index (χ1) is 16.2. The molecule has 1 aliphatic rings. The van der Waals surface area contributed by atoms with Gasteiger partial charge in [0.1, 0.15) is 6.04 Å². The summed E-state index contributed by atoms with van der Waals surface area (Å²) in [5.74, 6) is -3.70.